The van der Waals surface area contributed by atoms with Crippen LogP contribution in [-0.2, 0) is 0 Å². The molecule has 3 nitrogen and oxygen atoms in total. The van der Waals surface area contributed by atoms with Gasteiger partial charge >= 0.3 is 0 Å². The zero-order chi connectivity index (χ0) is 37.3. The van der Waals surface area contributed by atoms with E-state index in [-0.39, 0.29) is 0 Å². The largest absolute Gasteiger partial charge is 0.311 e. The third-order valence-electron chi connectivity index (χ3n) is 10.7. The Bertz CT molecular complexity index is 2780. The maximum atomic E-state index is 4.78. The Kier molecular flexibility index (Phi) is 8.51. The van der Waals surface area contributed by atoms with Gasteiger partial charge < -0.3 is 4.90 Å². The van der Waals surface area contributed by atoms with Gasteiger partial charge in [0.05, 0.1) is 5.52 Å². The highest BCUT2D eigenvalue weighted by molar-refractivity contribution is 6.07. The molecule has 0 amide bonds. The summed E-state index contributed by atoms with van der Waals surface area (Å²) in [4.78, 5) is 7.11. The molecule has 10 aromatic rings. The zero-order valence-electron chi connectivity index (χ0n) is 30.7. The van der Waals surface area contributed by atoms with Crippen LogP contribution >= 0.6 is 0 Å². The highest BCUT2D eigenvalue weighted by Gasteiger charge is 2.15. The van der Waals surface area contributed by atoms with Crippen molar-refractivity contribution in [3.63, 3.8) is 0 Å². The van der Waals surface area contributed by atoms with Crippen LogP contribution in [-0.4, -0.2) is 9.55 Å². The third-order valence-corrected chi connectivity index (χ3v) is 10.7. The van der Waals surface area contributed by atoms with Crippen LogP contribution in [0.2, 0.25) is 0 Å². The molecule has 0 aliphatic carbocycles. The van der Waals surface area contributed by atoms with Crippen LogP contribution in [0.1, 0.15) is 0 Å². The summed E-state index contributed by atoms with van der Waals surface area (Å²) in [5.74, 6) is 0. The molecule has 0 aliphatic heterocycles. The molecule has 0 saturated heterocycles. The molecule has 10 rings (SSSR count). The fourth-order valence-electron chi connectivity index (χ4n) is 7.85. The van der Waals surface area contributed by atoms with Crippen molar-refractivity contribution in [3.05, 3.63) is 225 Å². The summed E-state index contributed by atoms with van der Waals surface area (Å²) in [5, 5.41) is 2.37. The van der Waals surface area contributed by atoms with E-state index in [1.165, 1.54) is 49.9 Å². The topological polar surface area (TPSA) is 21.1 Å². The zero-order valence-corrected chi connectivity index (χ0v) is 30.7. The quantitative estimate of drug-likeness (QED) is 0.156. The van der Waals surface area contributed by atoms with Gasteiger partial charge in [-0.2, -0.15) is 0 Å². The van der Waals surface area contributed by atoms with Crippen LogP contribution in [0.5, 0.6) is 0 Å². The lowest BCUT2D eigenvalue weighted by molar-refractivity contribution is 1.14. The predicted molar refractivity (Wildman–Crippen MR) is 235 cm³/mol. The number of pyridine rings is 1. The Morgan fingerprint density at radius 2 is 0.732 bits per heavy atom. The minimum absolute atomic E-state index is 0.969. The SMILES string of the molecule is c1ccc(-c2ccc(N(c3ccc(-c4ccccc4)cc3)c3ccc(-c4ccc(-c5cccc(-n6c7ccccc7c7cccnc76)c5)cc4)cc3)cc2)cc1. The van der Waals surface area contributed by atoms with E-state index >= 15 is 0 Å². The van der Waals surface area contributed by atoms with Crippen molar-refractivity contribution in [2.24, 2.45) is 0 Å². The molecule has 56 heavy (non-hydrogen) atoms. The number of para-hydroxylation sites is 1. The van der Waals surface area contributed by atoms with E-state index in [0.29, 0.717) is 0 Å². The van der Waals surface area contributed by atoms with Crippen molar-refractivity contribution >= 4 is 39.0 Å². The van der Waals surface area contributed by atoms with Gasteiger partial charge in [-0.3, -0.25) is 4.57 Å². The molecule has 3 heteroatoms. The number of hydrogen-bond donors (Lipinski definition) is 0. The first kappa shape index (κ1) is 33.1. The summed E-state index contributed by atoms with van der Waals surface area (Å²) < 4.78 is 2.27. The number of rotatable bonds is 8. The van der Waals surface area contributed by atoms with Crippen molar-refractivity contribution in [3.8, 4) is 50.2 Å². The van der Waals surface area contributed by atoms with Crippen molar-refractivity contribution in [2.75, 3.05) is 4.90 Å². The summed E-state index contributed by atoms with van der Waals surface area (Å²) in [7, 11) is 0. The number of fused-ring (bicyclic) bond motifs is 3. The molecule has 8 aromatic carbocycles. The number of nitrogens with zero attached hydrogens (tertiary/aromatic N) is 3. The van der Waals surface area contributed by atoms with E-state index in [9.17, 15) is 0 Å². The minimum atomic E-state index is 0.969. The van der Waals surface area contributed by atoms with Crippen LogP contribution in [0, 0.1) is 0 Å². The van der Waals surface area contributed by atoms with E-state index in [1.54, 1.807) is 0 Å². The molecule has 264 valence electrons. The van der Waals surface area contributed by atoms with Gasteiger partial charge in [0.15, 0.2) is 0 Å². The smallest absolute Gasteiger partial charge is 0.145 e. The van der Waals surface area contributed by atoms with Crippen LogP contribution in [0.4, 0.5) is 17.1 Å². The lowest BCUT2D eigenvalue weighted by Gasteiger charge is -2.26. The Labute approximate surface area is 327 Å². The predicted octanol–water partition coefficient (Wildman–Crippen LogP) is 14.3. The molecular formula is C53H37N3. The normalized spacial score (nSPS) is 11.2. The summed E-state index contributed by atoms with van der Waals surface area (Å²) >= 11 is 0. The first-order valence-corrected chi connectivity index (χ1v) is 19.0. The molecule has 0 radical (unpaired) electrons. The van der Waals surface area contributed by atoms with Crippen LogP contribution in [0.15, 0.2) is 225 Å². The van der Waals surface area contributed by atoms with E-state index in [0.717, 1.165) is 39.3 Å². The Morgan fingerprint density at radius 1 is 0.321 bits per heavy atom. The molecule has 0 N–H and O–H groups in total. The second kappa shape index (κ2) is 14.4. The number of benzene rings is 8. The molecule has 2 aromatic heterocycles. The van der Waals surface area contributed by atoms with Crippen molar-refractivity contribution < 1.29 is 0 Å². The Morgan fingerprint density at radius 3 is 1.27 bits per heavy atom. The fourth-order valence-corrected chi connectivity index (χ4v) is 7.85. The second-order valence-corrected chi connectivity index (χ2v) is 14.1. The molecule has 0 aliphatic rings. The molecule has 0 atom stereocenters. The van der Waals surface area contributed by atoms with Gasteiger partial charge in [-0.1, -0.05) is 152 Å². The van der Waals surface area contributed by atoms with Crippen LogP contribution < -0.4 is 4.90 Å². The number of hydrogen-bond acceptors (Lipinski definition) is 2. The second-order valence-electron chi connectivity index (χ2n) is 14.1. The van der Waals surface area contributed by atoms with Gasteiger partial charge in [-0.25, -0.2) is 4.98 Å². The van der Waals surface area contributed by atoms with E-state index in [1.807, 2.05) is 12.3 Å². The summed E-state index contributed by atoms with van der Waals surface area (Å²) in [6.45, 7) is 0. The Balaban J connectivity index is 0.952. The van der Waals surface area contributed by atoms with Crippen molar-refractivity contribution in [2.45, 2.75) is 0 Å². The first-order chi connectivity index (χ1) is 27.8. The molecule has 2 heterocycles. The van der Waals surface area contributed by atoms with E-state index in [2.05, 4.69) is 222 Å². The highest BCUT2D eigenvalue weighted by Crippen LogP contribution is 2.38. The molecule has 0 spiro atoms. The van der Waals surface area contributed by atoms with Crippen LogP contribution in [0.25, 0.3) is 72.1 Å². The molecule has 0 fully saturated rings. The van der Waals surface area contributed by atoms with Crippen molar-refractivity contribution in [1.82, 2.24) is 9.55 Å². The molecule has 0 saturated carbocycles. The number of anilines is 3. The van der Waals surface area contributed by atoms with Crippen LogP contribution in [0.3, 0.4) is 0 Å². The summed E-state index contributed by atoms with van der Waals surface area (Å²) in [5.41, 5.74) is 16.0. The lowest BCUT2D eigenvalue weighted by atomic mass is 9.99. The molecular weight excluding hydrogens is 679 g/mol. The summed E-state index contributed by atoms with van der Waals surface area (Å²) in [6, 6.07) is 78.0. The highest BCUT2D eigenvalue weighted by atomic mass is 15.1. The Hall–Kier alpha value is -7.49. The van der Waals surface area contributed by atoms with Gasteiger partial charge in [0.2, 0.25) is 0 Å². The minimum Gasteiger partial charge on any atom is -0.311 e. The summed E-state index contributed by atoms with van der Waals surface area (Å²) in [6.07, 6.45) is 1.87. The van der Waals surface area contributed by atoms with E-state index in [4.69, 9.17) is 4.98 Å². The van der Waals surface area contributed by atoms with Crippen molar-refractivity contribution in [1.29, 1.82) is 0 Å². The van der Waals surface area contributed by atoms with Gasteiger partial charge in [-0.15, -0.1) is 0 Å². The van der Waals surface area contributed by atoms with Gasteiger partial charge in [0, 0.05) is 39.7 Å². The average molecular weight is 716 g/mol. The maximum absolute atomic E-state index is 4.78. The lowest BCUT2D eigenvalue weighted by Crippen LogP contribution is -2.09. The monoisotopic (exact) mass is 715 g/mol. The molecule has 0 unspecified atom stereocenters. The molecule has 0 bridgehead atoms. The standard InChI is InChI=1S/C53H37N3/c1-3-11-38(12-4-1)41-24-30-46(31-25-41)55(47-32-26-42(27-33-47)39-13-5-2-6-14-39)48-34-28-43(29-35-48)40-20-22-44(23-21-40)45-15-9-16-49(37-45)56-52-19-8-7-17-50(52)51-18-10-36-54-53(51)56/h1-37H. The van der Waals surface area contributed by atoms with Gasteiger partial charge in [-0.05, 0) is 111 Å². The maximum Gasteiger partial charge on any atom is 0.145 e. The third kappa shape index (κ3) is 6.21. The fraction of sp³-hybridized carbons (Fsp3) is 0. The first-order valence-electron chi connectivity index (χ1n) is 19.0. The van der Waals surface area contributed by atoms with E-state index < -0.39 is 0 Å². The average Bonchev–Trinajstić information content (AvgIpc) is 3.62. The van der Waals surface area contributed by atoms with Gasteiger partial charge in [0.25, 0.3) is 0 Å². The number of aromatic nitrogens is 2. The van der Waals surface area contributed by atoms with Gasteiger partial charge in [0.1, 0.15) is 5.65 Å².